The first-order valence-electron chi connectivity index (χ1n) is 7.22. The molecule has 0 aromatic carbocycles. The second-order valence-corrected chi connectivity index (χ2v) is 5.92. The van der Waals surface area contributed by atoms with E-state index in [2.05, 4.69) is 0 Å². The summed E-state index contributed by atoms with van der Waals surface area (Å²) < 4.78 is 56.5. The Morgan fingerprint density at radius 3 is 1.06 bits per heavy atom. The normalized spacial score (nSPS) is 25.3. The SMILES string of the molecule is FC(F)(C1CCCCC1)C(F)(F)C1CCCCC1. The van der Waals surface area contributed by atoms with Gasteiger partial charge >= 0.3 is 11.8 Å². The summed E-state index contributed by atoms with van der Waals surface area (Å²) in [5.41, 5.74) is 0. The number of hydrogen-bond acceptors (Lipinski definition) is 0. The minimum Gasteiger partial charge on any atom is -0.200 e. The van der Waals surface area contributed by atoms with Crippen molar-refractivity contribution < 1.29 is 17.6 Å². The predicted molar refractivity (Wildman–Crippen MR) is 63.0 cm³/mol. The van der Waals surface area contributed by atoms with Crippen LogP contribution in [0, 0.1) is 11.8 Å². The van der Waals surface area contributed by atoms with E-state index >= 15 is 0 Å². The lowest BCUT2D eigenvalue weighted by atomic mass is 9.75. The van der Waals surface area contributed by atoms with Gasteiger partial charge in [0.15, 0.2) is 0 Å². The number of alkyl halides is 4. The predicted octanol–water partition coefficient (Wildman–Crippen LogP) is 5.42. The Balaban J connectivity index is 2.09. The van der Waals surface area contributed by atoms with E-state index in [1.165, 1.54) is 0 Å². The summed E-state index contributed by atoms with van der Waals surface area (Å²) in [5, 5.41) is 0. The van der Waals surface area contributed by atoms with E-state index < -0.39 is 23.7 Å². The molecule has 0 heterocycles. The molecule has 0 spiro atoms. The molecular weight excluding hydrogens is 244 g/mol. The zero-order chi connectivity index (χ0) is 13.2. The Kier molecular flexibility index (Phi) is 4.22. The molecule has 0 aliphatic heterocycles. The second kappa shape index (κ2) is 5.38. The van der Waals surface area contributed by atoms with E-state index in [1.807, 2.05) is 0 Å². The maximum Gasteiger partial charge on any atom is 0.313 e. The average Bonchev–Trinajstić information content (AvgIpc) is 2.40. The zero-order valence-corrected chi connectivity index (χ0v) is 10.7. The van der Waals surface area contributed by atoms with Gasteiger partial charge in [-0.2, -0.15) is 17.6 Å². The van der Waals surface area contributed by atoms with Crippen molar-refractivity contribution in [3.63, 3.8) is 0 Å². The lowest BCUT2D eigenvalue weighted by molar-refractivity contribution is -0.268. The van der Waals surface area contributed by atoms with Crippen molar-refractivity contribution in [2.24, 2.45) is 11.8 Å². The Hall–Kier alpha value is -0.280. The van der Waals surface area contributed by atoms with Gasteiger partial charge < -0.3 is 0 Å². The van der Waals surface area contributed by atoms with Gasteiger partial charge in [0, 0.05) is 11.8 Å². The molecule has 18 heavy (non-hydrogen) atoms. The van der Waals surface area contributed by atoms with Gasteiger partial charge in [-0.05, 0) is 25.7 Å². The molecule has 0 amide bonds. The van der Waals surface area contributed by atoms with Gasteiger partial charge in [0.2, 0.25) is 0 Å². The van der Waals surface area contributed by atoms with Crippen LogP contribution in [0.5, 0.6) is 0 Å². The summed E-state index contributed by atoms with van der Waals surface area (Å²) in [6, 6.07) is 0. The molecule has 2 saturated carbocycles. The van der Waals surface area contributed by atoms with Crippen LogP contribution in [0.25, 0.3) is 0 Å². The van der Waals surface area contributed by atoms with Gasteiger partial charge in [0.25, 0.3) is 0 Å². The van der Waals surface area contributed by atoms with Gasteiger partial charge in [-0.25, -0.2) is 0 Å². The first kappa shape index (κ1) is 14.1. The third kappa shape index (κ3) is 2.53. The van der Waals surface area contributed by atoms with Crippen molar-refractivity contribution in [1.29, 1.82) is 0 Å². The van der Waals surface area contributed by atoms with Crippen LogP contribution in [-0.2, 0) is 0 Å². The Morgan fingerprint density at radius 2 is 0.778 bits per heavy atom. The Bertz CT molecular complexity index is 235. The minimum atomic E-state index is -3.81. The van der Waals surface area contributed by atoms with Crippen LogP contribution in [0.4, 0.5) is 17.6 Å². The molecule has 0 saturated heterocycles. The van der Waals surface area contributed by atoms with Gasteiger partial charge in [-0.15, -0.1) is 0 Å². The third-order valence-corrected chi connectivity index (χ3v) is 4.68. The van der Waals surface area contributed by atoms with Crippen molar-refractivity contribution in [3.05, 3.63) is 0 Å². The van der Waals surface area contributed by atoms with E-state index in [1.54, 1.807) is 0 Å². The van der Waals surface area contributed by atoms with Crippen molar-refractivity contribution in [2.75, 3.05) is 0 Å². The minimum absolute atomic E-state index is 0.259. The molecule has 2 aliphatic carbocycles. The van der Waals surface area contributed by atoms with E-state index in [0.29, 0.717) is 25.7 Å². The van der Waals surface area contributed by atoms with E-state index in [9.17, 15) is 17.6 Å². The van der Waals surface area contributed by atoms with Gasteiger partial charge in [0.05, 0.1) is 0 Å². The number of halogens is 4. The van der Waals surface area contributed by atoms with Crippen LogP contribution in [0.1, 0.15) is 64.2 Å². The summed E-state index contributed by atoms with van der Waals surface area (Å²) in [7, 11) is 0. The number of rotatable bonds is 3. The molecule has 0 aromatic rings. The summed E-state index contributed by atoms with van der Waals surface area (Å²) >= 11 is 0. The molecule has 0 atom stereocenters. The van der Waals surface area contributed by atoms with Crippen molar-refractivity contribution >= 4 is 0 Å². The molecule has 0 nitrogen and oxygen atoms in total. The van der Waals surface area contributed by atoms with Crippen LogP contribution < -0.4 is 0 Å². The average molecular weight is 266 g/mol. The number of hydrogen-bond donors (Lipinski definition) is 0. The van der Waals surface area contributed by atoms with Crippen molar-refractivity contribution in [1.82, 2.24) is 0 Å². The topological polar surface area (TPSA) is 0 Å². The molecule has 4 heteroatoms. The fourth-order valence-electron chi connectivity index (χ4n) is 3.47. The highest BCUT2D eigenvalue weighted by atomic mass is 19.3. The van der Waals surface area contributed by atoms with E-state index in [-0.39, 0.29) is 25.7 Å². The maximum atomic E-state index is 14.1. The molecule has 106 valence electrons. The standard InChI is InChI=1S/C14H22F4/c15-13(16,11-7-3-1-4-8-11)14(17,18)12-9-5-2-6-10-12/h11-12H,1-10H2. The monoisotopic (exact) mass is 266 g/mol. The molecule has 0 radical (unpaired) electrons. The summed E-state index contributed by atoms with van der Waals surface area (Å²) in [6.45, 7) is 0. The fourth-order valence-corrected chi connectivity index (χ4v) is 3.47. The van der Waals surface area contributed by atoms with Gasteiger partial charge in [0.1, 0.15) is 0 Å². The maximum absolute atomic E-state index is 14.1. The van der Waals surface area contributed by atoms with Crippen LogP contribution in [0.15, 0.2) is 0 Å². The summed E-state index contributed by atoms with van der Waals surface area (Å²) in [6.07, 6.45) is 5.52. The van der Waals surface area contributed by atoms with Gasteiger partial charge in [-0.1, -0.05) is 38.5 Å². The van der Waals surface area contributed by atoms with Crippen molar-refractivity contribution in [3.8, 4) is 0 Å². The van der Waals surface area contributed by atoms with Crippen LogP contribution >= 0.6 is 0 Å². The third-order valence-electron chi connectivity index (χ3n) is 4.68. The van der Waals surface area contributed by atoms with Crippen LogP contribution in [0.2, 0.25) is 0 Å². The fraction of sp³-hybridized carbons (Fsp3) is 1.00. The first-order chi connectivity index (χ1) is 8.46. The molecule has 2 fully saturated rings. The highest BCUT2D eigenvalue weighted by Crippen LogP contribution is 2.52. The molecule has 2 aliphatic rings. The lowest BCUT2D eigenvalue weighted by Gasteiger charge is -2.40. The molecular formula is C14H22F4. The van der Waals surface area contributed by atoms with Crippen molar-refractivity contribution in [2.45, 2.75) is 76.1 Å². The van der Waals surface area contributed by atoms with Crippen LogP contribution in [0.3, 0.4) is 0 Å². The summed E-state index contributed by atoms with van der Waals surface area (Å²) in [4.78, 5) is 0. The Morgan fingerprint density at radius 1 is 0.500 bits per heavy atom. The second-order valence-electron chi connectivity index (χ2n) is 5.92. The first-order valence-corrected chi connectivity index (χ1v) is 7.22. The van der Waals surface area contributed by atoms with E-state index in [4.69, 9.17) is 0 Å². The molecule has 0 bridgehead atoms. The zero-order valence-electron chi connectivity index (χ0n) is 10.7. The molecule has 0 N–H and O–H groups in total. The highest BCUT2D eigenvalue weighted by molar-refractivity contribution is 4.96. The Labute approximate surface area is 106 Å². The molecule has 2 rings (SSSR count). The van der Waals surface area contributed by atoms with E-state index in [0.717, 1.165) is 12.8 Å². The lowest BCUT2D eigenvalue weighted by Crippen LogP contribution is -2.52. The summed E-state index contributed by atoms with van der Waals surface area (Å²) in [5.74, 6) is -9.84. The van der Waals surface area contributed by atoms with Gasteiger partial charge in [-0.3, -0.25) is 0 Å². The smallest absolute Gasteiger partial charge is 0.200 e. The van der Waals surface area contributed by atoms with Crippen LogP contribution in [-0.4, -0.2) is 11.8 Å². The molecule has 0 aromatic heterocycles. The molecule has 0 unspecified atom stereocenters. The highest BCUT2D eigenvalue weighted by Gasteiger charge is 2.63. The largest absolute Gasteiger partial charge is 0.313 e. The quantitative estimate of drug-likeness (QED) is 0.598.